The second-order valence-electron chi connectivity index (χ2n) is 9.82. The van der Waals surface area contributed by atoms with Crippen LogP contribution in [0.3, 0.4) is 0 Å². The maximum Gasteiger partial charge on any atom is 0.0991 e. The van der Waals surface area contributed by atoms with E-state index in [9.17, 15) is 5.26 Å². The molecule has 0 saturated carbocycles. The number of hydrogen-bond acceptors (Lipinski definition) is 1. The molecule has 6 aromatic rings. The number of rotatable bonds is 3. The number of fused-ring (bicyclic) bond motifs is 4. The van der Waals surface area contributed by atoms with Gasteiger partial charge in [0.25, 0.3) is 0 Å². The van der Waals surface area contributed by atoms with E-state index < -0.39 is 5.41 Å². The summed E-state index contributed by atoms with van der Waals surface area (Å²) in [5.41, 5.74) is 9.41. The van der Waals surface area contributed by atoms with Crippen LogP contribution in [-0.4, -0.2) is 0 Å². The maximum atomic E-state index is 9.78. The van der Waals surface area contributed by atoms with Crippen molar-refractivity contribution in [2.45, 2.75) is 5.41 Å². The predicted octanol–water partition coefficient (Wildman–Crippen LogP) is 9.39. The van der Waals surface area contributed by atoms with Crippen molar-refractivity contribution in [3.8, 4) is 28.3 Å². The number of halogens is 1. The van der Waals surface area contributed by atoms with Crippen LogP contribution < -0.4 is 0 Å². The summed E-state index contributed by atoms with van der Waals surface area (Å²) in [7, 11) is 0. The monoisotopic (exact) mass is 503 g/mol. The maximum absolute atomic E-state index is 9.78. The first-order valence-corrected chi connectivity index (χ1v) is 13.1. The van der Waals surface area contributed by atoms with E-state index in [1.807, 2.05) is 24.3 Å². The van der Waals surface area contributed by atoms with Gasteiger partial charge in [0.15, 0.2) is 0 Å². The summed E-state index contributed by atoms with van der Waals surface area (Å²) in [4.78, 5) is 0. The molecule has 0 saturated heterocycles. The van der Waals surface area contributed by atoms with Crippen LogP contribution in [0.25, 0.3) is 33.0 Å². The molecule has 0 aliphatic heterocycles. The number of benzene rings is 6. The Bertz CT molecular complexity index is 1900. The van der Waals surface area contributed by atoms with Crippen LogP contribution in [0, 0.1) is 11.3 Å². The molecule has 6 aromatic carbocycles. The first kappa shape index (κ1) is 22.5. The van der Waals surface area contributed by atoms with Gasteiger partial charge in [0.2, 0.25) is 0 Å². The van der Waals surface area contributed by atoms with Crippen molar-refractivity contribution >= 4 is 22.4 Å². The summed E-state index contributed by atoms with van der Waals surface area (Å²) in [6.07, 6.45) is 0. The molecule has 0 radical (unpaired) electrons. The van der Waals surface area contributed by atoms with Gasteiger partial charge in [0, 0.05) is 5.02 Å². The average molecular weight is 504 g/mol. The highest BCUT2D eigenvalue weighted by atomic mass is 35.5. The van der Waals surface area contributed by atoms with Gasteiger partial charge in [-0.2, -0.15) is 5.26 Å². The molecule has 1 aliphatic rings. The highest BCUT2D eigenvalue weighted by molar-refractivity contribution is 6.30. The molecule has 0 amide bonds. The molecule has 0 aromatic heterocycles. The van der Waals surface area contributed by atoms with Crippen molar-refractivity contribution < 1.29 is 0 Å². The Morgan fingerprint density at radius 3 is 1.95 bits per heavy atom. The third-order valence-corrected chi connectivity index (χ3v) is 8.03. The zero-order valence-electron chi connectivity index (χ0n) is 20.5. The number of hydrogen-bond donors (Lipinski definition) is 0. The normalized spacial score (nSPS) is 15.6. The molecule has 1 aliphatic carbocycles. The van der Waals surface area contributed by atoms with E-state index in [0.29, 0.717) is 5.56 Å². The average Bonchev–Trinajstić information content (AvgIpc) is 3.26. The Morgan fingerprint density at radius 2 is 1.18 bits per heavy atom. The van der Waals surface area contributed by atoms with Crippen molar-refractivity contribution in [1.82, 2.24) is 0 Å². The lowest BCUT2D eigenvalue weighted by Gasteiger charge is -2.34. The summed E-state index contributed by atoms with van der Waals surface area (Å²) < 4.78 is 0. The zero-order valence-corrected chi connectivity index (χ0v) is 21.3. The first-order valence-electron chi connectivity index (χ1n) is 12.7. The predicted molar refractivity (Wildman–Crippen MR) is 156 cm³/mol. The molecule has 1 atom stereocenters. The minimum Gasteiger partial charge on any atom is -0.192 e. The van der Waals surface area contributed by atoms with Gasteiger partial charge in [-0.3, -0.25) is 0 Å². The summed E-state index contributed by atoms with van der Waals surface area (Å²) in [5.74, 6) is 0. The Hall–Kier alpha value is -4.64. The van der Waals surface area contributed by atoms with Gasteiger partial charge in [-0.1, -0.05) is 103 Å². The Labute approximate surface area is 227 Å². The van der Waals surface area contributed by atoms with Crippen molar-refractivity contribution in [3.05, 3.63) is 166 Å². The first-order chi connectivity index (χ1) is 18.7. The van der Waals surface area contributed by atoms with Crippen LogP contribution in [0.2, 0.25) is 5.02 Å². The second-order valence-corrected chi connectivity index (χ2v) is 10.3. The molecule has 0 fully saturated rings. The molecule has 1 nitrogen and oxygen atoms in total. The molecule has 0 bridgehead atoms. The smallest absolute Gasteiger partial charge is 0.0991 e. The zero-order chi connectivity index (χ0) is 25.7. The van der Waals surface area contributed by atoms with Gasteiger partial charge in [0.05, 0.1) is 17.0 Å². The topological polar surface area (TPSA) is 23.8 Å². The fourth-order valence-corrected chi connectivity index (χ4v) is 6.35. The SMILES string of the molecule is N#Cc1ccc2c(c1)-c1cc3ccccc3cc1C2(c1ccccc1)c1cccc(-c2cccc(Cl)c2)c1. The molecule has 1 unspecified atom stereocenters. The van der Waals surface area contributed by atoms with E-state index in [1.165, 1.54) is 38.6 Å². The van der Waals surface area contributed by atoms with Gasteiger partial charge < -0.3 is 0 Å². The highest BCUT2D eigenvalue weighted by Gasteiger charge is 2.46. The molecule has 0 heterocycles. The van der Waals surface area contributed by atoms with Crippen molar-refractivity contribution in [2.75, 3.05) is 0 Å². The summed E-state index contributed by atoms with van der Waals surface area (Å²) in [6.45, 7) is 0. The molecular weight excluding hydrogens is 482 g/mol. The fourth-order valence-electron chi connectivity index (χ4n) is 6.16. The molecule has 2 heteroatoms. The van der Waals surface area contributed by atoms with Crippen molar-refractivity contribution in [2.24, 2.45) is 0 Å². The van der Waals surface area contributed by atoms with Gasteiger partial charge in [-0.25, -0.2) is 0 Å². The standard InChI is InChI=1S/C36H22ClN/c37-31-15-7-11-26(20-31)25-10-6-14-30(19-25)36(29-12-2-1-3-13-29)34-17-16-24(23-38)18-32(34)33-21-27-8-4-5-9-28(27)22-35(33)36/h1-22H. The van der Waals surface area contributed by atoms with Crippen LogP contribution >= 0.6 is 11.6 Å². The second kappa shape index (κ2) is 8.73. The van der Waals surface area contributed by atoms with Crippen LogP contribution in [0.5, 0.6) is 0 Å². The van der Waals surface area contributed by atoms with E-state index in [-0.39, 0.29) is 0 Å². The van der Waals surface area contributed by atoms with E-state index in [2.05, 4.69) is 115 Å². The summed E-state index contributed by atoms with van der Waals surface area (Å²) in [5, 5.41) is 12.9. The van der Waals surface area contributed by atoms with E-state index in [1.54, 1.807) is 0 Å². The molecule has 0 N–H and O–H groups in total. The lowest BCUT2D eigenvalue weighted by Crippen LogP contribution is -2.28. The van der Waals surface area contributed by atoms with Crippen molar-refractivity contribution in [3.63, 3.8) is 0 Å². The molecule has 178 valence electrons. The van der Waals surface area contributed by atoms with Gasteiger partial charge in [0.1, 0.15) is 0 Å². The Morgan fingerprint density at radius 1 is 0.526 bits per heavy atom. The van der Waals surface area contributed by atoms with Gasteiger partial charge in [-0.05, 0) is 97.7 Å². The minimum atomic E-state index is -0.543. The van der Waals surface area contributed by atoms with E-state index in [4.69, 9.17) is 11.6 Å². The highest BCUT2D eigenvalue weighted by Crippen LogP contribution is 2.57. The minimum absolute atomic E-state index is 0.543. The molecular formula is C36H22ClN. The van der Waals surface area contributed by atoms with E-state index >= 15 is 0 Å². The third-order valence-electron chi connectivity index (χ3n) is 7.79. The van der Waals surface area contributed by atoms with Crippen LogP contribution in [-0.2, 0) is 5.41 Å². The molecule has 38 heavy (non-hydrogen) atoms. The van der Waals surface area contributed by atoms with Crippen LogP contribution in [0.15, 0.2) is 133 Å². The van der Waals surface area contributed by atoms with Crippen LogP contribution in [0.4, 0.5) is 0 Å². The summed E-state index contributed by atoms with van der Waals surface area (Å²) >= 11 is 6.38. The lowest BCUT2D eigenvalue weighted by molar-refractivity contribution is 0.770. The Kier molecular flexibility index (Phi) is 5.18. The number of nitrogens with zero attached hydrogens (tertiary/aromatic N) is 1. The Balaban J connectivity index is 1.62. The largest absolute Gasteiger partial charge is 0.192 e. The quantitative estimate of drug-likeness (QED) is 0.235. The molecule has 7 rings (SSSR count). The lowest BCUT2D eigenvalue weighted by atomic mass is 9.67. The van der Waals surface area contributed by atoms with Gasteiger partial charge >= 0.3 is 0 Å². The van der Waals surface area contributed by atoms with Gasteiger partial charge in [-0.15, -0.1) is 0 Å². The van der Waals surface area contributed by atoms with Crippen LogP contribution in [0.1, 0.15) is 27.8 Å². The van der Waals surface area contributed by atoms with Crippen molar-refractivity contribution in [1.29, 1.82) is 5.26 Å². The summed E-state index contributed by atoms with van der Waals surface area (Å²) in [6, 6.07) is 49.2. The molecule has 0 spiro atoms. The van der Waals surface area contributed by atoms with E-state index in [0.717, 1.165) is 21.7 Å². The fraction of sp³-hybridized carbons (Fsp3) is 0.0278. The third kappa shape index (κ3) is 3.32. The number of nitriles is 1.